The minimum absolute atomic E-state index is 0.0304. The van der Waals surface area contributed by atoms with Crippen LogP contribution >= 0.6 is 0 Å². The molecule has 1 aliphatic rings. The molecule has 0 radical (unpaired) electrons. The topological polar surface area (TPSA) is 37.3 Å². The van der Waals surface area contributed by atoms with Gasteiger partial charge in [-0.25, -0.2) is 8.78 Å². The zero-order chi connectivity index (χ0) is 18.0. The molecule has 2 heterocycles. The first-order chi connectivity index (χ1) is 11.9. The predicted molar refractivity (Wildman–Crippen MR) is 92.3 cm³/mol. The number of carbonyl (C=O) groups is 1. The van der Waals surface area contributed by atoms with Gasteiger partial charge >= 0.3 is 0 Å². The molecule has 134 valence electrons. The van der Waals surface area contributed by atoms with Gasteiger partial charge in [0.1, 0.15) is 0 Å². The summed E-state index contributed by atoms with van der Waals surface area (Å²) < 4.78 is 28.2. The minimum Gasteiger partial charge on any atom is -0.354 e. The number of benzene rings is 1. The standard InChI is InChI=1S/C19H23F2N3O/c1-13-16(7-8-23(13)2)19(25)22-15-5-9-24(10-6-15)12-14-3-4-17(20)18(21)11-14/h3-4,7-8,11,15H,5-6,9-10,12H2,1-2H3,(H,22,25). The molecule has 0 bridgehead atoms. The van der Waals surface area contributed by atoms with E-state index in [1.54, 1.807) is 6.07 Å². The number of hydrogen-bond acceptors (Lipinski definition) is 2. The maximum atomic E-state index is 13.3. The van der Waals surface area contributed by atoms with Gasteiger partial charge in [-0.15, -0.1) is 0 Å². The van der Waals surface area contributed by atoms with Crippen LogP contribution in [-0.4, -0.2) is 34.5 Å². The average molecular weight is 347 g/mol. The largest absolute Gasteiger partial charge is 0.354 e. The number of halogens is 2. The lowest BCUT2D eigenvalue weighted by Crippen LogP contribution is -2.44. The van der Waals surface area contributed by atoms with E-state index >= 15 is 0 Å². The highest BCUT2D eigenvalue weighted by molar-refractivity contribution is 5.95. The second-order valence-electron chi connectivity index (χ2n) is 6.70. The van der Waals surface area contributed by atoms with Gasteiger partial charge in [-0.05, 0) is 43.5 Å². The minimum atomic E-state index is -0.818. The Bertz CT molecular complexity index is 764. The molecule has 1 saturated heterocycles. The second-order valence-corrected chi connectivity index (χ2v) is 6.70. The van der Waals surface area contributed by atoms with Crippen LogP contribution in [0.4, 0.5) is 8.78 Å². The van der Waals surface area contributed by atoms with Gasteiger partial charge in [-0.1, -0.05) is 6.07 Å². The van der Waals surface area contributed by atoms with Gasteiger partial charge < -0.3 is 9.88 Å². The first-order valence-electron chi connectivity index (χ1n) is 8.53. The fraction of sp³-hybridized carbons (Fsp3) is 0.421. The van der Waals surface area contributed by atoms with Crippen molar-refractivity contribution < 1.29 is 13.6 Å². The molecule has 0 unspecified atom stereocenters. The molecule has 0 aliphatic carbocycles. The molecule has 1 aromatic carbocycles. The van der Waals surface area contributed by atoms with Crippen molar-refractivity contribution in [1.29, 1.82) is 0 Å². The van der Waals surface area contributed by atoms with E-state index in [2.05, 4.69) is 10.2 Å². The number of nitrogens with zero attached hydrogens (tertiary/aromatic N) is 2. The van der Waals surface area contributed by atoms with E-state index in [0.717, 1.165) is 37.2 Å². The third kappa shape index (κ3) is 4.07. The number of likely N-dealkylation sites (tertiary alicyclic amines) is 1. The number of amides is 1. The predicted octanol–water partition coefficient (Wildman–Crippen LogP) is 3.01. The van der Waals surface area contributed by atoms with Gasteiger partial charge in [0.2, 0.25) is 0 Å². The molecule has 1 fully saturated rings. The molecule has 0 saturated carbocycles. The van der Waals surface area contributed by atoms with Gasteiger partial charge in [0.15, 0.2) is 11.6 Å². The van der Waals surface area contributed by atoms with E-state index in [-0.39, 0.29) is 11.9 Å². The molecular formula is C19H23F2N3O. The lowest BCUT2D eigenvalue weighted by molar-refractivity contribution is 0.0908. The fourth-order valence-corrected chi connectivity index (χ4v) is 3.24. The number of rotatable bonds is 4. The third-order valence-electron chi connectivity index (χ3n) is 4.94. The number of nitrogens with one attached hydrogen (secondary N) is 1. The summed E-state index contributed by atoms with van der Waals surface area (Å²) in [6.07, 6.45) is 3.58. The first-order valence-corrected chi connectivity index (χ1v) is 8.53. The summed E-state index contributed by atoms with van der Waals surface area (Å²) in [5, 5.41) is 3.10. The van der Waals surface area contributed by atoms with Crippen molar-refractivity contribution in [3.05, 3.63) is 58.9 Å². The number of piperidine rings is 1. The smallest absolute Gasteiger partial charge is 0.253 e. The number of aryl methyl sites for hydroxylation is 1. The van der Waals surface area contributed by atoms with Crippen LogP contribution in [0.15, 0.2) is 30.5 Å². The highest BCUT2D eigenvalue weighted by Gasteiger charge is 2.22. The van der Waals surface area contributed by atoms with E-state index in [1.807, 2.05) is 30.8 Å². The summed E-state index contributed by atoms with van der Waals surface area (Å²) in [5.41, 5.74) is 2.43. The van der Waals surface area contributed by atoms with E-state index in [9.17, 15) is 13.6 Å². The number of aromatic nitrogens is 1. The molecule has 1 aromatic heterocycles. The monoisotopic (exact) mass is 347 g/mol. The Morgan fingerprint density at radius 3 is 2.52 bits per heavy atom. The number of carbonyl (C=O) groups excluding carboxylic acids is 1. The Labute approximate surface area is 146 Å². The van der Waals surface area contributed by atoms with E-state index in [0.29, 0.717) is 12.1 Å². The van der Waals surface area contributed by atoms with Crippen molar-refractivity contribution in [2.75, 3.05) is 13.1 Å². The second kappa shape index (κ2) is 7.35. The SMILES string of the molecule is Cc1c(C(=O)NC2CCN(Cc3ccc(F)c(F)c3)CC2)ccn1C. The first kappa shape index (κ1) is 17.6. The molecule has 1 N–H and O–H groups in total. The van der Waals surface area contributed by atoms with E-state index < -0.39 is 11.6 Å². The summed E-state index contributed by atoms with van der Waals surface area (Å²) in [5.74, 6) is -1.66. The summed E-state index contributed by atoms with van der Waals surface area (Å²) >= 11 is 0. The van der Waals surface area contributed by atoms with Gasteiger partial charge in [-0.2, -0.15) is 0 Å². The molecule has 0 atom stereocenters. The molecule has 25 heavy (non-hydrogen) atoms. The molecule has 4 nitrogen and oxygen atoms in total. The lowest BCUT2D eigenvalue weighted by Gasteiger charge is -2.32. The van der Waals surface area contributed by atoms with Crippen LogP contribution in [-0.2, 0) is 13.6 Å². The maximum Gasteiger partial charge on any atom is 0.253 e. The van der Waals surface area contributed by atoms with Crippen molar-refractivity contribution in [1.82, 2.24) is 14.8 Å². The van der Waals surface area contributed by atoms with Gasteiger partial charge in [0.25, 0.3) is 5.91 Å². The Morgan fingerprint density at radius 1 is 1.20 bits per heavy atom. The summed E-state index contributed by atoms with van der Waals surface area (Å²) in [6, 6.07) is 6.02. The highest BCUT2D eigenvalue weighted by Crippen LogP contribution is 2.17. The van der Waals surface area contributed by atoms with Gasteiger partial charge in [0, 0.05) is 44.6 Å². The molecule has 1 aliphatic heterocycles. The Hall–Kier alpha value is -2.21. The molecule has 2 aromatic rings. The van der Waals surface area contributed by atoms with E-state index in [1.165, 1.54) is 12.1 Å². The Balaban J connectivity index is 1.51. The summed E-state index contributed by atoms with van der Waals surface area (Å²) in [6.45, 7) is 4.16. The van der Waals surface area contributed by atoms with Crippen LogP contribution in [0, 0.1) is 18.6 Å². The normalized spacial score (nSPS) is 16.2. The Morgan fingerprint density at radius 2 is 1.92 bits per heavy atom. The lowest BCUT2D eigenvalue weighted by atomic mass is 10.0. The summed E-state index contributed by atoms with van der Waals surface area (Å²) in [4.78, 5) is 14.6. The average Bonchev–Trinajstić information content (AvgIpc) is 2.92. The zero-order valence-corrected chi connectivity index (χ0v) is 14.6. The van der Waals surface area contributed by atoms with Gasteiger partial charge in [0.05, 0.1) is 5.56 Å². The van der Waals surface area contributed by atoms with Crippen LogP contribution in [0.2, 0.25) is 0 Å². The van der Waals surface area contributed by atoms with Crippen LogP contribution < -0.4 is 5.32 Å². The molecular weight excluding hydrogens is 324 g/mol. The zero-order valence-electron chi connectivity index (χ0n) is 14.6. The van der Waals surface area contributed by atoms with Crippen LogP contribution in [0.5, 0.6) is 0 Å². The molecule has 6 heteroatoms. The van der Waals surface area contributed by atoms with Gasteiger partial charge in [-0.3, -0.25) is 9.69 Å². The van der Waals surface area contributed by atoms with Crippen molar-refractivity contribution in [3.63, 3.8) is 0 Å². The van der Waals surface area contributed by atoms with Crippen molar-refractivity contribution in [2.45, 2.75) is 32.4 Å². The molecule has 3 rings (SSSR count). The Kier molecular flexibility index (Phi) is 5.18. The molecule has 1 amide bonds. The van der Waals surface area contributed by atoms with E-state index in [4.69, 9.17) is 0 Å². The van der Waals surface area contributed by atoms with Crippen LogP contribution in [0.1, 0.15) is 34.5 Å². The maximum absolute atomic E-state index is 13.3. The quantitative estimate of drug-likeness (QED) is 0.923. The summed E-state index contributed by atoms with van der Waals surface area (Å²) in [7, 11) is 1.92. The van der Waals surface area contributed by atoms with Crippen molar-refractivity contribution in [3.8, 4) is 0 Å². The van der Waals surface area contributed by atoms with Crippen molar-refractivity contribution in [2.24, 2.45) is 7.05 Å². The molecule has 0 spiro atoms. The van der Waals surface area contributed by atoms with Crippen LogP contribution in [0.25, 0.3) is 0 Å². The number of hydrogen-bond donors (Lipinski definition) is 1. The highest BCUT2D eigenvalue weighted by atomic mass is 19.2. The van der Waals surface area contributed by atoms with Crippen LogP contribution in [0.3, 0.4) is 0 Å². The fourth-order valence-electron chi connectivity index (χ4n) is 3.24. The third-order valence-corrected chi connectivity index (χ3v) is 4.94. The van der Waals surface area contributed by atoms with Crippen molar-refractivity contribution >= 4 is 5.91 Å².